The van der Waals surface area contributed by atoms with Crippen LogP contribution in [0, 0.1) is 25.5 Å². The third-order valence-corrected chi connectivity index (χ3v) is 2.53. The molecule has 0 amide bonds. The quantitative estimate of drug-likeness (QED) is 0.793. The van der Waals surface area contributed by atoms with Crippen molar-refractivity contribution in [2.45, 2.75) is 28.7 Å². The van der Waals surface area contributed by atoms with Gasteiger partial charge in [-0.15, -0.1) is 0 Å². The molecule has 5 heteroatoms. The summed E-state index contributed by atoms with van der Waals surface area (Å²) in [5, 5.41) is 17.4. The van der Waals surface area contributed by atoms with Crippen molar-refractivity contribution in [2.75, 3.05) is 0 Å². The molecule has 2 aromatic carbocycles. The maximum Gasteiger partial charge on any atom is 0.488 e. The first-order chi connectivity index (χ1) is 8.90. The Bertz CT molecular complexity index is 507. The average Bonchev–Trinajstić information content (AvgIpc) is 2.36. The van der Waals surface area contributed by atoms with E-state index in [-0.39, 0.29) is 26.1 Å². The smallest absolute Gasteiger partial charge is 0.423 e. The summed E-state index contributed by atoms with van der Waals surface area (Å²) in [6.45, 7) is 3.62. The summed E-state index contributed by atoms with van der Waals surface area (Å²) in [4.78, 5) is 0. The molecule has 2 aromatic rings. The van der Waals surface area contributed by atoms with Crippen LogP contribution in [-0.4, -0.2) is 17.2 Å². The van der Waals surface area contributed by atoms with Crippen LogP contribution in [0.4, 0.5) is 8.78 Å². The van der Waals surface area contributed by atoms with E-state index in [1.54, 1.807) is 19.1 Å². The van der Waals surface area contributed by atoms with Gasteiger partial charge in [-0.3, -0.25) is 0 Å². The van der Waals surface area contributed by atoms with E-state index < -0.39 is 12.9 Å². The number of hydrogen-bond donors (Lipinski definition) is 2. The minimum atomic E-state index is -1.59. The summed E-state index contributed by atoms with van der Waals surface area (Å²) in [6, 6.07) is 10.3. The largest absolute Gasteiger partial charge is 0.488 e. The Labute approximate surface area is 126 Å². The Morgan fingerprint density at radius 2 is 1.29 bits per heavy atom. The number of hydrogen-bond acceptors (Lipinski definition) is 2. The van der Waals surface area contributed by atoms with Gasteiger partial charge in [-0.25, -0.2) is 8.78 Å². The van der Waals surface area contributed by atoms with Gasteiger partial charge in [-0.05, 0) is 43.6 Å². The second kappa shape index (κ2) is 10.1. The van der Waals surface area contributed by atoms with Crippen LogP contribution in [0.25, 0.3) is 0 Å². The van der Waals surface area contributed by atoms with Crippen molar-refractivity contribution < 1.29 is 18.8 Å². The van der Waals surface area contributed by atoms with Gasteiger partial charge in [0.15, 0.2) is 0 Å². The van der Waals surface area contributed by atoms with E-state index in [1.807, 2.05) is 6.92 Å². The van der Waals surface area contributed by atoms with E-state index in [9.17, 15) is 8.78 Å². The van der Waals surface area contributed by atoms with Gasteiger partial charge in [0.05, 0.1) is 0 Å². The molecule has 0 fully saturated rings. The lowest BCUT2D eigenvalue weighted by Crippen LogP contribution is -2.32. The van der Waals surface area contributed by atoms with Crippen molar-refractivity contribution in [3.05, 3.63) is 65.2 Å². The van der Waals surface area contributed by atoms with E-state index in [2.05, 4.69) is 0 Å². The third kappa shape index (κ3) is 7.58. The van der Waals surface area contributed by atoms with Crippen molar-refractivity contribution in [2.24, 2.45) is 0 Å². The summed E-state index contributed by atoms with van der Waals surface area (Å²) in [7, 11) is -1.59. The molecule has 0 aliphatic rings. The molecule has 0 heterocycles. The first-order valence-electron chi connectivity index (χ1n) is 5.74. The van der Waals surface area contributed by atoms with Crippen LogP contribution in [0.3, 0.4) is 0 Å². The predicted molar refractivity (Wildman–Crippen MR) is 85.6 cm³/mol. The van der Waals surface area contributed by atoms with Crippen molar-refractivity contribution in [3.8, 4) is 0 Å². The average molecular weight is 296 g/mol. The summed E-state index contributed by atoms with van der Waals surface area (Å²) >= 11 is 0. The van der Waals surface area contributed by atoms with Crippen LogP contribution in [0.5, 0.6) is 0 Å². The van der Waals surface area contributed by atoms with Gasteiger partial charge in [0.25, 0.3) is 0 Å². The molecule has 0 aromatic heterocycles. The number of halogens is 2. The Balaban J connectivity index is 0. The lowest BCUT2D eigenvalue weighted by Gasteiger charge is -2.02. The molecule has 0 aliphatic heterocycles. The summed E-state index contributed by atoms with van der Waals surface area (Å²) in [5.74, 6) is -0.630. The van der Waals surface area contributed by atoms with E-state index >= 15 is 0 Å². The molecular formula is C16H23BF2O2. The fraction of sp³-hybridized carbons (Fsp3) is 0.250. The van der Waals surface area contributed by atoms with Gasteiger partial charge in [-0.2, -0.15) is 0 Å². The minimum Gasteiger partial charge on any atom is -0.423 e. The summed E-state index contributed by atoms with van der Waals surface area (Å²) < 4.78 is 24.6. The van der Waals surface area contributed by atoms with Crippen molar-refractivity contribution in [1.82, 2.24) is 0 Å². The molecule has 116 valence electrons. The van der Waals surface area contributed by atoms with Gasteiger partial charge in [-0.1, -0.05) is 44.2 Å². The zero-order valence-corrected chi connectivity index (χ0v) is 10.8. The molecule has 0 bridgehead atoms. The van der Waals surface area contributed by atoms with E-state index in [0.29, 0.717) is 5.56 Å². The number of benzene rings is 2. The predicted octanol–water partition coefficient (Wildman–Crippen LogP) is 3.22. The van der Waals surface area contributed by atoms with Gasteiger partial charge in [0, 0.05) is 0 Å². The zero-order chi connectivity index (χ0) is 14.4. The first-order valence-corrected chi connectivity index (χ1v) is 5.74. The van der Waals surface area contributed by atoms with Gasteiger partial charge in [0.2, 0.25) is 0 Å². The van der Waals surface area contributed by atoms with Crippen molar-refractivity contribution in [3.63, 3.8) is 0 Å². The van der Waals surface area contributed by atoms with Crippen LogP contribution in [0.15, 0.2) is 42.5 Å². The summed E-state index contributed by atoms with van der Waals surface area (Å²) in [5.41, 5.74) is 1.97. The van der Waals surface area contributed by atoms with Gasteiger partial charge in [0.1, 0.15) is 11.6 Å². The van der Waals surface area contributed by atoms with E-state index in [1.165, 1.54) is 24.3 Å². The Kier molecular flexibility index (Phi) is 10.4. The second-order valence-corrected chi connectivity index (χ2v) is 4.17. The maximum absolute atomic E-state index is 12.5. The molecule has 21 heavy (non-hydrogen) atoms. The number of aryl methyl sites for hydroxylation is 2. The molecule has 2 N–H and O–H groups in total. The topological polar surface area (TPSA) is 40.5 Å². The molecule has 2 nitrogen and oxygen atoms in total. The van der Waals surface area contributed by atoms with Crippen LogP contribution in [-0.2, 0) is 0 Å². The SMILES string of the molecule is C.C.Cc1ccc(F)cc1.Cc1ccc(F)cc1B(O)O. The highest BCUT2D eigenvalue weighted by molar-refractivity contribution is 6.59. The zero-order valence-electron chi connectivity index (χ0n) is 10.8. The summed E-state index contributed by atoms with van der Waals surface area (Å²) in [6.07, 6.45) is 0. The van der Waals surface area contributed by atoms with Crippen molar-refractivity contribution >= 4 is 12.6 Å². The standard InChI is InChI=1S/C7H8BFO2.C7H7F.2CH4/c1-5-2-3-6(9)4-7(5)8(10)11;1-6-2-4-7(8)5-3-6;;/h2-4,10-11H,1H3;2-5H,1H3;2*1H4. The van der Waals surface area contributed by atoms with Crippen LogP contribution in [0.2, 0.25) is 0 Å². The fourth-order valence-corrected chi connectivity index (χ4v) is 1.42. The molecule has 0 atom stereocenters. The molecule has 0 aliphatic carbocycles. The van der Waals surface area contributed by atoms with Crippen molar-refractivity contribution in [1.29, 1.82) is 0 Å². The lowest BCUT2D eigenvalue weighted by atomic mass is 9.77. The minimum absolute atomic E-state index is 0. The Hall–Kier alpha value is -1.72. The molecule has 2 rings (SSSR count). The number of rotatable bonds is 1. The molecule has 0 radical (unpaired) electrons. The Morgan fingerprint density at radius 3 is 1.67 bits per heavy atom. The lowest BCUT2D eigenvalue weighted by molar-refractivity contribution is 0.425. The van der Waals surface area contributed by atoms with E-state index in [4.69, 9.17) is 10.0 Å². The highest BCUT2D eigenvalue weighted by atomic mass is 19.1. The first kappa shape index (κ1) is 21.6. The highest BCUT2D eigenvalue weighted by Gasteiger charge is 2.13. The third-order valence-electron chi connectivity index (χ3n) is 2.53. The highest BCUT2D eigenvalue weighted by Crippen LogP contribution is 1.99. The molecular weight excluding hydrogens is 273 g/mol. The normalized spacial score (nSPS) is 8.67. The molecule has 0 saturated carbocycles. The second-order valence-electron chi connectivity index (χ2n) is 4.17. The Morgan fingerprint density at radius 1 is 0.810 bits per heavy atom. The molecule has 0 unspecified atom stereocenters. The van der Waals surface area contributed by atoms with Gasteiger partial charge < -0.3 is 10.0 Å². The fourth-order valence-electron chi connectivity index (χ4n) is 1.42. The van der Waals surface area contributed by atoms with Gasteiger partial charge >= 0.3 is 7.12 Å². The maximum atomic E-state index is 12.5. The van der Waals surface area contributed by atoms with Crippen LogP contribution < -0.4 is 5.46 Å². The van der Waals surface area contributed by atoms with E-state index in [0.717, 1.165) is 11.6 Å². The van der Waals surface area contributed by atoms with Crippen LogP contribution >= 0.6 is 0 Å². The monoisotopic (exact) mass is 296 g/mol. The van der Waals surface area contributed by atoms with Crippen LogP contribution in [0.1, 0.15) is 26.0 Å². The molecule has 0 saturated heterocycles. The molecule has 0 spiro atoms.